The molecule has 2 aromatic carbocycles. The van der Waals surface area contributed by atoms with E-state index in [1.807, 2.05) is 36.6 Å². The zero-order valence-corrected chi connectivity index (χ0v) is 18.6. The summed E-state index contributed by atoms with van der Waals surface area (Å²) in [6.45, 7) is 4.23. The maximum absolute atomic E-state index is 13.4. The van der Waals surface area contributed by atoms with Crippen molar-refractivity contribution in [2.45, 2.75) is 39.3 Å². The first kappa shape index (κ1) is 22.1. The van der Waals surface area contributed by atoms with Gasteiger partial charge >= 0.3 is 5.97 Å². The predicted octanol–water partition coefficient (Wildman–Crippen LogP) is 6.19. The first-order valence-corrected chi connectivity index (χ1v) is 10.8. The molecule has 1 heterocycles. The Labute approximate surface area is 190 Å². The summed E-state index contributed by atoms with van der Waals surface area (Å²) in [5.74, 6) is -1.23. The molecule has 0 aliphatic heterocycles. The topological polar surface area (TPSA) is 71.3 Å². The van der Waals surface area contributed by atoms with Gasteiger partial charge < -0.3 is 15.0 Å². The summed E-state index contributed by atoms with van der Waals surface area (Å²) in [5.41, 5.74) is 3.23. The molecule has 4 rings (SSSR count). The van der Waals surface area contributed by atoms with Crippen molar-refractivity contribution >= 4 is 29.0 Å². The average molecular weight is 455 g/mol. The third-order valence-corrected chi connectivity index (χ3v) is 6.21. The van der Waals surface area contributed by atoms with Crippen LogP contribution in [0.3, 0.4) is 0 Å². The Bertz CT molecular complexity index is 1170. The molecule has 5 nitrogen and oxygen atoms in total. The first-order chi connectivity index (χ1) is 15.2. The van der Waals surface area contributed by atoms with Gasteiger partial charge in [0.05, 0.1) is 18.2 Å². The molecule has 0 radical (unpaired) electrons. The Kier molecular flexibility index (Phi) is 5.82. The number of ketones is 1. The Morgan fingerprint density at radius 1 is 1.19 bits per heavy atom. The summed E-state index contributed by atoms with van der Waals surface area (Å²) < 4.78 is 15.3. The van der Waals surface area contributed by atoms with Gasteiger partial charge in [-0.05, 0) is 53.4 Å². The van der Waals surface area contributed by atoms with Gasteiger partial charge in [0, 0.05) is 34.9 Å². The number of hydrogen-bond acceptors (Lipinski definition) is 3. The van der Waals surface area contributed by atoms with Crippen LogP contribution in [0.15, 0.2) is 54.6 Å². The highest BCUT2D eigenvalue weighted by Gasteiger charge is 2.43. The van der Waals surface area contributed by atoms with E-state index in [2.05, 4.69) is 5.32 Å². The number of rotatable bonds is 6. The molecule has 1 aromatic heterocycles. The van der Waals surface area contributed by atoms with Gasteiger partial charge in [0.1, 0.15) is 5.82 Å². The molecule has 1 aliphatic rings. The quantitative estimate of drug-likeness (QED) is 0.466. The normalized spacial score (nSPS) is 17.1. The lowest BCUT2D eigenvalue weighted by Crippen LogP contribution is -2.37. The van der Waals surface area contributed by atoms with E-state index in [0.717, 1.165) is 22.6 Å². The maximum Gasteiger partial charge on any atom is 0.305 e. The number of Topliss-reactive ketones (excluding diaryl/α,β-unsaturated/α-hetero) is 1. The van der Waals surface area contributed by atoms with Gasteiger partial charge in [-0.15, -0.1) is 0 Å². The molecule has 1 atom stereocenters. The van der Waals surface area contributed by atoms with Gasteiger partial charge in [0.2, 0.25) is 0 Å². The fourth-order valence-corrected chi connectivity index (χ4v) is 4.49. The number of fused-ring (bicyclic) bond motifs is 1. The molecule has 0 saturated carbocycles. The molecule has 0 fully saturated rings. The Morgan fingerprint density at radius 2 is 1.84 bits per heavy atom. The minimum atomic E-state index is -0.918. The average Bonchev–Trinajstić information content (AvgIpc) is 3.11. The summed E-state index contributed by atoms with van der Waals surface area (Å²) in [7, 11) is 0. The van der Waals surface area contributed by atoms with Crippen molar-refractivity contribution < 1.29 is 19.1 Å². The third-order valence-electron chi connectivity index (χ3n) is 5.95. The van der Waals surface area contributed by atoms with Gasteiger partial charge in [-0.3, -0.25) is 9.59 Å². The van der Waals surface area contributed by atoms with Crippen molar-refractivity contribution in [3.8, 4) is 11.3 Å². The van der Waals surface area contributed by atoms with Crippen LogP contribution >= 0.6 is 11.6 Å². The molecular formula is C25H24ClFN2O3. The smallest absolute Gasteiger partial charge is 0.305 e. The Balaban J connectivity index is 1.88. The van der Waals surface area contributed by atoms with Crippen molar-refractivity contribution in [3.63, 3.8) is 0 Å². The largest absolute Gasteiger partial charge is 0.481 e. The summed E-state index contributed by atoms with van der Waals surface area (Å²) in [6, 6.07) is 14.9. The van der Waals surface area contributed by atoms with Crippen LogP contribution in [0.2, 0.25) is 5.02 Å². The molecule has 2 N–H and O–H groups in total. The number of nitrogens with zero attached hydrogens (tertiary/aromatic N) is 1. The van der Waals surface area contributed by atoms with E-state index in [-0.39, 0.29) is 30.6 Å². The number of carbonyl (C=O) groups is 2. The summed E-state index contributed by atoms with van der Waals surface area (Å²) >= 11 is 6.05. The number of benzene rings is 2. The van der Waals surface area contributed by atoms with E-state index in [9.17, 15) is 19.1 Å². The number of aliphatic carboxylic acids is 1. The predicted molar refractivity (Wildman–Crippen MR) is 123 cm³/mol. The van der Waals surface area contributed by atoms with E-state index in [1.54, 1.807) is 24.3 Å². The van der Waals surface area contributed by atoms with E-state index >= 15 is 0 Å². The number of anilines is 1. The number of carboxylic acids is 1. The third kappa shape index (κ3) is 4.28. The van der Waals surface area contributed by atoms with Gasteiger partial charge in [0.15, 0.2) is 5.78 Å². The molecule has 0 saturated heterocycles. The van der Waals surface area contributed by atoms with Crippen molar-refractivity contribution in [3.05, 3.63) is 76.7 Å². The van der Waals surface area contributed by atoms with Gasteiger partial charge in [-0.1, -0.05) is 37.6 Å². The first-order valence-electron chi connectivity index (χ1n) is 10.4. The standard InChI is InChI=1S/C25H24ClFN2O3/c1-25(2)14-21(30)19-13-20(15-3-5-16(26)6-4-15)29(12-11-22(31)32)23(19)24(25)28-18-9-7-17(27)8-10-18/h3-10,13,24,28H,11-12,14H2,1-2H3,(H,31,32). The van der Waals surface area contributed by atoms with Gasteiger partial charge in [0.25, 0.3) is 0 Å². The van der Waals surface area contributed by atoms with Crippen LogP contribution in [-0.2, 0) is 11.3 Å². The zero-order valence-electron chi connectivity index (χ0n) is 17.9. The Morgan fingerprint density at radius 3 is 2.47 bits per heavy atom. The van der Waals surface area contributed by atoms with E-state index in [0.29, 0.717) is 17.0 Å². The van der Waals surface area contributed by atoms with Crippen molar-refractivity contribution in [2.24, 2.45) is 5.41 Å². The fraction of sp³-hybridized carbons (Fsp3) is 0.280. The molecule has 1 unspecified atom stereocenters. The van der Waals surface area contributed by atoms with Crippen LogP contribution in [0.1, 0.15) is 48.8 Å². The second-order valence-corrected chi connectivity index (χ2v) is 9.24. The number of carboxylic acid groups (broad SMARTS) is 1. The molecule has 0 amide bonds. The van der Waals surface area contributed by atoms with Crippen LogP contribution in [0.4, 0.5) is 10.1 Å². The lowest BCUT2D eigenvalue weighted by atomic mass is 9.72. The molecule has 166 valence electrons. The molecule has 3 aromatic rings. The second-order valence-electron chi connectivity index (χ2n) is 8.80. The number of hydrogen-bond donors (Lipinski definition) is 2. The molecule has 32 heavy (non-hydrogen) atoms. The fourth-order valence-electron chi connectivity index (χ4n) is 4.36. The minimum Gasteiger partial charge on any atom is -0.481 e. The number of nitrogens with one attached hydrogen (secondary N) is 1. The van der Waals surface area contributed by atoms with Crippen molar-refractivity contribution in [1.82, 2.24) is 4.57 Å². The molecule has 1 aliphatic carbocycles. The van der Waals surface area contributed by atoms with Gasteiger partial charge in [-0.25, -0.2) is 4.39 Å². The van der Waals surface area contributed by atoms with E-state index in [1.165, 1.54) is 12.1 Å². The van der Waals surface area contributed by atoms with E-state index < -0.39 is 11.4 Å². The number of aromatic nitrogens is 1. The highest BCUT2D eigenvalue weighted by molar-refractivity contribution is 6.30. The lowest BCUT2D eigenvalue weighted by Gasteiger charge is -2.40. The lowest BCUT2D eigenvalue weighted by molar-refractivity contribution is -0.137. The van der Waals surface area contributed by atoms with Gasteiger partial charge in [-0.2, -0.15) is 0 Å². The summed E-state index contributed by atoms with van der Waals surface area (Å²) in [4.78, 5) is 24.5. The molecular weight excluding hydrogens is 431 g/mol. The van der Waals surface area contributed by atoms with Crippen LogP contribution in [-0.4, -0.2) is 21.4 Å². The highest BCUT2D eigenvalue weighted by Crippen LogP contribution is 2.47. The van der Waals surface area contributed by atoms with E-state index in [4.69, 9.17) is 11.6 Å². The zero-order chi connectivity index (χ0) is 23.0. The monoisotopic (exact) mass is 454 g/mol. The maximum atomic E-state index is 13.4. The second kappa shape index (κ2) is 8.43. The summed E-state index contributed by atoms with van der Waals surface area (Å²) in [6.07, 6.45) is 0.251. The molecule has 7 heteroatoms. The molecule has 0 spiro atoms. The minimum absolute atomic E-state index is 0.0199. The van der Waals surface area contributed by atoms with Crippen LogP contribution in [0.5, 0.6) is 0 Å². The van der Waals surface area contributed by atoms with Crippen molar-refractivity contribution in [1.29, 1.82) is 0 Å². The van der Waals surface area contributed by atoms with Crippen molar-refractivity contribution in [2.75, 3.05) is 5.32 Å². The Hall–Kier alpha value is -3.12. The highest BCUT2D eigenvalue weighted by atomic mass is 35.5. The number of halogens is 2. The van der Waals surface area contributed by atoms with Crippen LogP contribution in [0, 0.1) is 11.2 Å². The summed E-state index contributed by atoms with van der Waals surface area (Å²) in [5, 5.41) is 13.4. The molecule has 0 bridgehead atoms. The van der Waals surface area contributed by atoms with Crippen LogP contribution in [0.25, 0.3) is 11.3 Å². The SMILES string of the molecule is CC1(C)CC(=O)c2cc(-c3ccc(Cl)cc3)n(CCC(=O)O)c2C1Nc1ccc(F)cc1. The van der Waals surface area contributed by atoms with Crippen LogP contribution < -0.4 is 5.32 Å². The number of carbonyl (C=O) groups excluding carboxylic acids is 1.